The molecule has 1 aliphatic heterocycles. The highest BCUT2D eigenvalue weighted by atomic mass is 16.4. The first-order valence-corrected chi connectivity index (χ1v) is 9.29. The molecule has 0 bridgehead atoms. The van der Waals surface area contributed by atoms with Crippen LogP contribution in [0.15, 0.2) is 4.99 Å². The minimum Gasteiger partial charge on any atom is -0.480 e. The van der Waals surface area contributed by atoms with Crippen molar-refractivity contribution < 1.29 is 14.7 Å². The molecular formula is C17H31N5O3. The number of carbonyl (C=O) groups excluding carboxylic acids is 1. The molecule has 2 rings (SSSR count). The zero-order valence-electron chi connectivity index (χ0n) is 14.7. The number of guanidine groups is 1. The third-order valence-electron chi connectivity index (χ3n) is 5.26. The Morgan fingerprint density at radius 2 is 1.96 bits per heavy atom. The normalized spacial score (nSPS) is 27.0. The number of hydrogen-bond donors (Lipinski definition) is 5. The van der Waals surface area contributed by atoms with E-state index in [4.69, 9.17) is 11.5 Å². The first-order valence-electron chi connectivity index (χ1n) is 9.29. The fourth-order valence-electron chi connectivity index (χ4n) is 3.97. The van der Waals surface area contributed by atoms with Crippen LogP contribution in [0.25, 0.3) is 0 Å². The highest BCUT2D eigenvalue weighted by Gasteiger charge is 2.32. The smallest absolute Gasteiger partial charge is 0.326 e. The number of nitrogens with one attached hydrogen (secondary N) is 2. The van der Waals surface area contributed by atoms with Crippen LogP contribution in [-0.4, -0.2) is 47.6 Å². The molecule has 1 amide bonds. The molecule has 1 aliphatic carbocycles. The van der Waals surface area contributed by atoms with E-state index in [9.17, 15) is 14.7 Å². The molecule has 0 aromatic carbocycles. The maximum absolute atomic E-state index is 12.2. The van der Waals surface area contributed by atoms with Crippen molar-refractivity contribution in [2.75, 3.05) is 6.54 Å². The molecule has 4 unspecified atom stereocenters. The fourth-order valence-corrected chi connectivity index (χ4v) is 3.97. The number of nitrogens with two attached hydrogens (primary N) is 2. The lowest BCUT2D eigenvalue weighted by Crippen LogP contribution is -2.51. The van der Waals surface area contributed by atoms with Crippen LogP contribution in [0.3, 0.4) is 0 Å². The number of rotatable bonds is 8. The Labute approximate surface area is 148 Å². The maximum atomic E-state index is 12.2. The molecule has 0 aromatic rings. The summed E-state index contributed by atoms with van der Waals surface area (Å²) >= 11 is 0. The molecule has 0 aromatic heterocycles. The van der Waals surface area contributed by atoms with E-state index in [1.54, 1.807) is 0 Å². The van der Waals surface area contributed by atoms with E-state index >= 15 is 0 Å². The van der Waals surface area contributed by atoms with Crippen LogP contribution in [0.1, 0.15) is 57.8 Å². The number of aliphatic imine (C=N–C) groups is 1. The third-order valence-corrected chi connectivity index (χ3v) is 5.26. The molecule has 1 saturated heterocycles. The molecule has 0 radical (unpaired) electrons. The molecule has 4 atom stereocenters. The molecule has 2 aliphatic rings. The van der Waals surface area contributed by atoms with E-state index in [0.29, 0.717) is 31.8 Å². The fraction of sp³-hybridized carbons (Fsp3) is 0.824. The number of amides is 1. The minimum atomic E-state index is -1.03. The van der Waals surface area contributed by atoms with Crippen LogP contribution >= 0.6 is 0 Å². The quantitative estimate of drug-likeness (QED) is 0.241. The second kappa shape index (κ2) is 9.60. The number of carboxylic acids is 1. The van der Waals surface area contributed by atoms with Crippen LogP contribution < -0.4 is 22.1 Å². The summed E-state index contributed by atoms with van der Waals surface area (Å²) in [6, 6.07) is -0.224. The van der Waals surface area contributed by atoms with Gasteiger partial charge in [0.2, 0.25) is 5.91 Å². The summed E-state index contributed by atoms with van der Waals surface area (Å²) < 4.78 is 0. The lowest BCUT2D eigenvalue weighted by Gasteiger charge is -2.40. The van der Waals surface area contributed by atoms with Crippen molar-refractivity contribution in [1.29, 1.82) is 0 Å². The summed E-state index contributed by atoms with van der Waals surface area (Å²) in [4.78, 5) is 27.4. The van der Waals surface area contributed by atoms with Crippen LogP contribution in [0.4, 0.5) is 0 Å². The molecule has 1 heterocycles. The van der Waals surface area contributed by atoms with Gasteiger partial charge in [0.05, 0.1) is 0 Å². The van der Waals surface area contributed by atoms with Gasteiger partial charge in [0.15, 0.2) is 5.96 Å². The van der Waals surface area contributed by atoms with E-state index in [0.717, 1.165) is 18.8 Å². The summed E-state index contributed by atoms with van der Waals surface area (Å²) in [5.41, 5.74) is 10.5. The molecule has 25 heavy (non-hydrogen) atoms. The summed E-state index contributed by atoms with van der Waals surface area (Å²) in [5, 5.41) is 15.5. The molecular weight excluding hydrogens is 322 g/mol. The number of hydrogen-bond acceptors (Lipinski definition) is 4. The van der Waals surface area contributed by atoms with Gasteiger partial charge in [-0.25, -0.2) is 4.79 Å². The molecule has 2 fully saturated rings. The Morgan fingerprint density at radius 1 is 1.20 bits per heavy atom. The van der Waals surface area contributed by atoms with Gasteiger partial charge in [-0.15, -0.1) is 0 Å². The minimum absolute atomic E-state index is 0.0136. The Hall–Kier alpha value is -1.83. The Morgan fingerprint density at radius 3 is 2.68 bits per heavy atom. The topological polar surface area (TPSA) is 143 Å². The number of piperidine rings is 1. The largest absolute Gasteiger partial charge is 0.480 e. The second-order valence-electron chi connectivity index (χ2n) is 7.20. The van der Waals surface area contributed by atoms with Gasteiger partial charge in [-0.3, -0.25) is 9.79 Å². The van der Waals surface area contributed by atoms with Crippen LogP contribution in [0, 0.1) is 5.92 Å². The predicted molar refractivity (Wildman–Crippen MR) is 96.0 cm³/mol. The summed E-state index contributed by atoms with van der Waals surface area (Å²) in [6.07, 6.45) is 8.33. The highest BCUT2D eigenvalue weighted by molar-refractivity contribution is 5.83. The van der Waals surface area contributed by atoms with Crippen molar-refractivity contribution in [1.82, 2.24) is 10.6 Å². The van der Waals surface area contributed by atoms with E-state index in [1.165, 1.54) is 25.7 Å². The Kier molecular flexibility index (Phi) is 7.49. The van der Waals surface area contributed by atoms with Crippen molar-refractivity contribution in [2.24, 2.45) is 22.4 Å². The number of aliphatic carboxylic acids is 1. The lowest BCUT2D eigenvalue weighted by molar-refractivity contribution is -0.142. The van der Waals surface area contributed by atoms with Gasteiger partial charge in [-0.05, 0) is 44.4 Å². The van der Waals surface area contributed by atoms with Gasteiger partial charge in [0.1, 0.15) is 6.04 Å². The number of carbonyl (C=O) groups is 2. The van der Waals surface area contributed by atoms with E-state index in [1.807, 2.05) is 0 Å². The standard InChI is InChI=1S/C17H31N5O3/c18-17(19)20-9-3-6-14(16(24)25)22-15(23)10-12-8-7-11-4-1-2-5-13(11)21-12/h11-14,21H,1-10H2,(H,22,23)(H,24,25)(H4,18,19,20). The average molecular weight is 353 g/mol. The first-order chi connectivity index (χ1) is 12.0. The van der Waals surface area contributed by atoms with Gasteiger partial charge >= 0.3 is 5.97 Å². The average Bonchev–Trinajstić information content (AvgIpc) is 2.57. The lowest BCUT2D eigenvalue weighted by atomic mass is 9.77. The molecule has 7 N–H and O–H groups in total. The molecule has 0 spiro atoms. The number of fused-ring (bicyclic) bond motifs is 1. The highest BCUT2D eigenvalue weighted by Crippen LogP contribution is 2.32. The van der Waals surface area contributed by atoms with Gasteiger partial charge in [-0.2, -0.15) is 0 Å². The van der Waals surface area contributed by atoms with Gasteiger partial charge in [-0.1, -0.05) is 12.8 Å². The van der Waals surface area contributed by atoms with Gasteiger partial charge < -0.3 is 27.2 Å². The van der Waals surface area contributed by atoms with Gasteiger partial charge in [0.25, 0.3) is 0 Å². The predicted octanol–water partition coefficient (Wildman–Crippen LogP) is 0.310. The number of carboxylic acid groups (broad SMARTS) is 1. The van der Waals surface area contributed by atoms with Crippen molar-refractivity contribution in [3.63, 3.8) is 0 Å². The van der Waals surface area contributed by atoms with Gasteiger partial charge in [0, 0.05) is 25.0 Å². The van der Waals surface area contributed by atoms with Crippen LogP contribution in [-0.2, 0) is 9.59 Å². The molecule has 8 nitrogen and oxygen atoms in total. The van der Waals surface area contributed by atoms with E-state index in [2.05, 4.69) is 15.6 Å². The van der Waals surface area contributed by atoms with Crippen LogP contribution in [0.5, 0.6) is 0 Å². The van der Waals surface area contributed by atoms with Crippen molar-refractivity contribution >= 4 is 17.8 Å². The monoisotopic (exact) mass is 353 g/mol. The summed E-state index contributed by atoms with van der Waals surface area (Å²) in [6.45, 7) is 0.356. The Bertz CT molecular complexity index is 493. The zero-order chi connectivity index (χ0) is 18.2. The summed E-state index contributed by atoms with van der Waals surface area (Å²) in [7, 11) is 0. The SMILES string of the molecule is NC(N)=NCCCC(NC(=O)CC1CCC2CCCCC2N1)C(=O)O. The first kappa shape index (κ1) is 19.5. The van der Waals surface area contributed by atoms with Crippen LogP contribution in [0.2, 0.25) is 0 Å². The Balaban J connectivity index is 1.74. The maximum Gasteiger partial charge on any atom is 0.326 e. The number of nitrogens with zero attached hydrogens (tertiary/aromatic N) is 1. The van der Waals surface area contributed by atoms with Crippen molar-refractivity contribution in [3.05, 3.63) is 0 Å². The molecule has 1 saturated carbocycles. The van der Waals surface area contributed by atoms with Crippen molar-refractivity contribution in [2.45, 2.75) is 75.9 Å². The zero-order valence-corrected chi connectivity index (χ0v) is 14.7. The van der Waals surface area contributed by atoms with Crippen molar-refractivity contribution in [3.8, 4) is 0 Å². The molecule has 142 valence electrons. The van der Waals surface area contributed by atoms with E-state index in [-0.39, 0.29) is 17.9 Å². The third kappa shape index (κ3) is 6.53. The van der Waals surface area contributed by atoms with E-state index < -0.39 is 12.0 Å². The second-order valence-corrected chi connectivity index (χ2v) is 7.20. The molecule has 8 heteroatoms. The summed E-state index contributed by atoms with van der Waals surface area (Å²) in [5.74, 6) is -0.501.